The van der Waals surface area contributed by atoms with Gasteiger partial charge in [0.25, 0.3) is 0 Å². The molecule has 0 N–H and O–H groups in total. The molecule has 0 amide bonds. The molecule has 0 spiro atoms. The molecule has 1 aromatic heterocycles. The van der Waals surface area contributed by atoms with Crippen molar-refractivity contribution in [2.75, 3.05) is 0 Å². The third-order valence-corrected chi connectivity index (χ3v) is 2.42. The van der Waals surface area contributed by atoms with E-state index in [1.807, 2.05) is 0 Å². The maximum absolute atomic E-state index is 7.84. The van der Waals surface area contributed by atoms with Crippen molar-refractivity contribution >= 4 is 46.8 Å². The lowest BCUT2D eigenvalue weighted by Gasteiger charge is -1.94. The predicted octanol–water partition coefficient (Wildman–Crippen LogP) is 3.03. The van der Waals surface area contributed by atoms with Crippen LogP contribution in [0.25, 0.3) is 21.9 Å². The molecule has 3 aromatic rings. The van der Waals surface area contributed by atoms with E-state index in [0.29, 0.717) is 10.8 Å². The van der Waals surface area contributed by atoms with Gasteiger partial charge in [0, 0.05) is 15.8 Å². The van der Waals surface area contributed by atoms with E-state index in [2.05, 4.69) is 0 Å². The second-order valence-corrected chi connectivity index (χ2v) is 3.55. The Kier molecular flexibility index (Phi) is 1.14. The van der Waals surface area contributed by atoms with Gasteiger partial charge < -0.3 is 4.42 Å². The van der Waals surface area contributed by atoms with Gasteiger partial charge in [-0.25, -0.2) is 0 Å². The Balaban J connectivity index is 2.66. The van der Waals surface area contributed by atoms with Crippen LogP contribution in [0.3, 0.4) is 0 Å². The monoisotopic (exact) mass is 216 g/mol. The summed E-state index contributed by atoms with van der Waals surface area (Å²) in [6, 6.07) is 2.53. The fourth-order valence-corrected chi connectivity index (χ4v) is 1.73. The molecule has 0 fully saturated rings. The van der Waals surface area contributed by atoms with Gasteiger partial charge in [0.2, 0.25) is 0 Å². The van der Waals surface area contributed by atoms with Crippen LogP contribution in [0.15, 0.2) is 40.7 Å². The molecular formula is C12H6BClO. The molecule has 0 saturated carbocycles. The molecule has 0 unspecified atom stereocenters. The van der Waals surface area contributed by atoms with Crippen molar-refractivity contribution in [1.82, 2.24) is 0 Å². The summed E-state index contributed by atoms with van der Waals surface area (Å²) in [5.74, 6) is 0. The minimum absolute atomic E-state index is 0.0208. The molecule has 70 valence electrons. The molecule has 2 radical (unpaired) electrons. The molecule has 3 rings (SSSR count). The lowest BCUT2D eigenvalue weighted by atomic mass is 9.91. The highest BCUT2D eigenvalue weighted by Crippen LogP contribution is 2.29. The third kappa shape index (κ3) is 1.25. The summed E-state index contributed by atoms with van der Waals surface area (Å²) in [6.07, 6.45) is 0. The number of halogens is 1. The first-order valence-corrected chi connectivity index (χ1v) is 4.67. The Bertz CT molecular complexity index is 843. The van der Waals surface area contributed by atoms with Crippen LogP contribution in [0.1, 0.15) is 5.48 Å². The first-order chi connectivity index (χ1) is 8.91. The summed E-state index contributed by atoms with van der Waals surface area (Å²) in [5, 5.41) is 0.977. The zero-order chi connectivity index (χ0) is 13.9. The molecule has 15 heavy (non-hydrogen) atoms. The van der Waals surface area contributed by atoms with Gasteiger partial charge in [-0.1, -0.05) is 29.2 Å². The SMILES string of the molecule is [2H]c1cc([2H])c2oc3c([2H])c([2H])c(Cl)cc3c2c1[B]. The highest BCUT2D eigenvalue weighted by atomic mass is 35.5. The second-order valence-electron chi connectivity index (χ2n) is 3.14. The van der Waals surface area contributed by atoms with Crippen LogP contribution in [0, 0.1) is 0 Å². The molecule has 1 heterocycles. The van der Waals surface area contributed by atoms with E-state index in [1.54, 1.807) is 0 Å². The maximum Gasteiger partial charge on any atom is 0.135 e. The van der Waals surface area contributed by atoms with Crippen LogP contribution in [0.4, 0.5) is 0 Å². The van der Waals surface area contributed by atoms with Crippen LogP contribution >= 0.6 is 11.6 Å². The van der Waals surface area contributed by atoms with E-state index >= 15 is 0 Å². The van der Waals surface area contributed by atoms with Gasteiger partial charge in [0.15, 0.2) is 0 Å². The van der Waals surface area contributed by atoms with Crippen molar-refractivity contribution in [2.24, 2.45) is 0 Å². The van der Waals surface area contributed by atoms with E-state index in [0.717, 1.165) is 0 Å². The molecule has 0 aliphatic heterocycles. The van der Waals surface area contributed by atoms with Crippen LogP contribution in [-0.4, -0.2) is 7.85 Å². The van der Waals surface area contributed by atoms with Crippen molar-refractivity contribution in [3.63, 3.8) is 0 Å². The molecule has 0 atom stereocenters. The second kappa shape index (κ2) is 3.04. The lowest BCUT2D eigenvalue weighted by Crippen LogP contribution is -2.00. The lowest BCUT2D eigenvalue weighted by molar-refractivity contribution is 0.669. The number of benzene rings is 2. The topological polar surface area (TPSA) is 13.1 Å². The smallest absolute Gasteiger partial charge is 0.135 e. The third-order valence-electron chi connectivity index (χ3n) is 2.21. The maximum atomic E-state index is 7.84. The molecule has 3 heteroatoms. The normalized spacial score (nSPS) is 15.0. The van der Waals surface area contributed by atoms with Crippen molar-refractivity contribution in [1.29, 1.82) is 0 Å². The van der Waals surface area contributed by atoms with Gasteiger partial charge in [-0.3, -0.25) is 0 Å². The van der Waals surface area contributed by atoms with Gasteiger partial charge >= 0.3 is 0 Å². The van der Waals surface area contributed by atoms with E-state index < -0.39 is 0 Å². The zero-order valence-corrected chi connectivity index (χ0v) is 8.27. The average Bonchev–Trinajstić information content (AvgIpc) is 2.73. The van der Waals surface area contributed by atoms with Gasteiger partial charge in [-0.2, -0.15) is 0 Å². The minimum Gasteiger partial charge on any atom is -0.456 e. The summed E-state index contributed by atoms with van der Waals surface area (Å²) < 4.78 is 36.5. The Labute approximate surface area is 98.7 Å². The van der Waals surface area contributed by atoms with Crippen molar-refractivity contribution < 1.29 is 9.90 Å². The first-order valence-electron chi connectivity index (χ1n) is 6.29. The van der Waals surface area contributed by atoms with Gasteiger partial charge in [-0.15, -0.1) is 0 Å². The van der Waals surface area contributed by atoms with Crippen molar-refractivity contribution in [3.05, 3.63) is 41.3 Å². The fourth-order valence-electron chi connectivity index (χ4n) is 1.57. The Morgan fingerprint density at radius 1 is 1.20 bits per heavy atom. The minimum atomic E-state index is -0.149. The molecule has 0 saturated heterocycles. The molecule has 1 nitrogen and oxygen atoms in total. The molecule has 0 bridgehead atoms. The van der Waals surface area contributed by atoms with E-state index in [1.165, 1.54) is 12.1 Å². The van der Waals surface area contributed by atoms with Gasteiger partial charge in [0.05, 0.1) is 5.48 Å². The highest BCUT2D eigenvalue weighted by Gasteiger charge is 2.08. The average molecular weight is 216 g/mol. The summed E-state index contributed by atoms with van der Waals surface area (Å²) in [6.45, 7) is 0. The zero-order valence-electron chi connectivity index (χ0n) is 11.5. The van der Waals surface area contributed by atoms with Crippen molar-refractivity contribution in [3.8, 4) is 0 Å². The number of furan rings is 1. The number of fused-ring (bicyclic) bond motifs is 3. The molecular weight excluding hydrogens is 206 g/mol. The predicted molar refractivity (Wildman–Crippen MR) is 64.1 cm³/mol. The summed E-state index contributed by atoms with van der Waals surface area (Å²) in [7, 11) is 5.85. The Hall–Kier alpha value is -1.41. The standard InChI is InChI=1S/C12H6BClO/c13-9-2-1-3-11-12(9)8-6-7(14)4-5-10(8)15-11/h1-6H/i2D,3D,4D,5D. The van der Waals surface area contributed by atoms with E-state index in [4.69, 9.17) is 29.3 Å². The summed E-state index contributed by atoms with van der Waals surface area (Å²) in [4.78, 5) is 0. The summed E-state index contributed by atoms with van der Waals surface area (Å²) >= 11 is 5.90. The summed E-state index contributed by atoms with van der Waals surface area (Å²) in [5.41, 5.74) is 0.548. The van der Waals surface area contributed by atoms with Gasteiger partial charge in [-0.05, 0) is 24.2 Å². The Morgan fingerprint density at radius 3 is 2.93 bits per heavy atom. The molecule has 0 aliphatic rings. The number of hydrogen-bond donors (Lipinski definition) is 0. The largest absolute Gasteiger partial charge is 0.456 e. The van der Waals surface area contributed by atoms with Crippen molar-refractivity contribution in [2.45, 2.75) is 0 Å². The van der Waals surface area contributed by atoms with Crippen LogP contribution in [0.2, 0.25) is 5.02 Å². The molecule has 2 aromatic carbocycles. The molecule has 0 aliphatic carbocycles. The first kappa shape index (κ1) is 5.62. The van der Waals surface area contributed by atoms with Crippen LogP contribution in [0.5, 0.6) is 0 Å². The highest BCUT2D eigenvalue weighted by molar-refractivity contribution is 6.41. The van der Waals surface area contributed by atoms with Crippen LogP contribution in [-0.2, 0) is 0 Å². The van der Waals surface area contributed by atoms with Gasteiger partial charge in [0.1, 0.15) is 19.0 Å². The van der Waals surface area contributed by atoms with E-state index in [-0.39, 0.29) is 45.8 Å². The Morgan fingerprint density at radius 2 is 2.07 bits per heavy atom. The number of rotatable bonds is 0. The quantitative estimate of drug-likeness (QED) is 0.527. The van der Waals surface area contributed by atoms with Crippen LogP contribution < -0.4 is 5.46 Å². The fraction of sp³-hybridized carbons (Fsp3) is 0. The van der Waals surface area contributed by atoms with E-state index in [9.17, 15) is 0 Å². The number of hydrogen-bond acceptors (Lipinski definition) is 1.